The van der Waals surface area contributed by atoms with Gasteiger partial charge in [-0.2, -0.15) is 0 Å². The lowest BCUT2D eigenvalue weighted by molar-refractivity contribution is 0.0619. The van der Waals surface area contributed by atoms with E-state index >= 15 is 0 Å². The number of benzene rings is 1. The van der Waals surface area contributed by atoms with Crippen LogP contribution in [0.2, 0.25) is 0 Å². The van der Waals surface area contributed by atoms with Crippen molar-refractivity contribution in [1.82, 2.24) is 19.5 Å². The monoisotopic (exact) mass is 391 g/mol. The second-order valence-electron chi connectivity index (χ2n) is 7.95. The standard InChI is InChI=1S/C22H25N5O2/c1-4-18-26-19-20(27(18)12-22(2,3)29)16-6-5-14(8-17(16)25-21(19)23)15-7-13(11-28)9-24-10-15/h5-10,28-29H,4,11-12H2,1-3H3,(H2,23,25). The zero-order valence-electron chi connectivity index (χ0n) is 16.8. The van der Waals surface area contributed by atoms with Gasteiger partial charge in [0.25, 0.3) is 0 Å². The molecule has 150 valence electrons. The molecule has 0 saturated heterocycles. The van der Waals surface area contributed by atoms with Crippen LogP contribution in [0.5, 0.6) is 0 Å². The molecule has 0 spiro atoms. The molecule has 0 atom stereocenters. The molecular weight excluding hydrogens is 366 g/mol. The van der Waals surface area contributed by atoms with Gasteiger partial charge < -0.3 is 20.5 Å². The number of rotatable bonds is 5. The normalized spacial score (nSPS) is 12.2. The molecule has 3 heterocycles. The predicted octanol–water partition coefficient (Wildman–Crippen LogP) is 3.05. The zero-order chi connectivity index (χ0) is 20.8. The van der Waals surface area contributed by atoms with E-state index in [0.717, 1.165) is 45.4 Å². The minimum absolute atomic E-state index is 0.0594. The van der Waals surface area contributed by atoms with Gasteiger partial charge in [0.15, 0.2) is 5.82 Å². The van der Waals surface area contributed by atoms with E-state index < -0.39 is 5.60 Å². The van der Waals surface area contributed by atoms with Crippen LogP contribution in [0, 0.1) is 0 Å². The van der Waals surface area contributed by atoms with E-state index in [-0.39, 0.29) is 6.61 Å². The molecule has 3 aromatic heterocycles. The molecule has 1 aromatic carbocycles. The van der Waals surface area contributed by atoms with E-state index in [0.29, 0.717) is 17.9 Å². The number of aryl methyl sites for hydroxylation is 1. The highest BCUT2D eigenvalue weighted by atomic mass is 16.3. The summed E-state index contributed by atoms with van der Waals surface area (Å²) in [5.74, 6) is 1.24. The Kier molecular flexibility index (Phi) is 4.72. The van der Waals surface area contributed by atoms with Crippen molar-refractivity contribution < 1.29 is 10.2 Å². The molecule has 0 aliphatic heterocycles. The third-order valence-corrected chi connectivity index (χ3v) is 4.96. The van der Waals surface area contributed by atoms with Crippen LogP contribution in [0.15, 0.2) is 36.7 Å². The van der Waals surface area contributed by atoms with Crippen molar-refractivity contribution in [2.45, 2.75) is 45.9 Å². The molecule has 0 bridgehead atoms. The smallest absolute Gasteiger partial charge is 0.152 e. The summed E-state index contributed by atoms with van der Waals surface area (Å²) in [6, 6.07) is 7.89. The number of nitrogen functional groups attached to an aromatic ring is 1. The van der Waals surface area contributed by atoms with Gasteiger partial charge in [-0.15, -0.1) is 0 Å². The summed E-state index contributed by atoms with van der Waals surface area (Å²) in [6.07, 6.45) is 4.13. The van der Waals surface area contributed by atoms with Crippen molar-refractivity contribution in [3.05, 3.63) is 48.0 Å². The number of pyridine rings is 2. The number of nitrogens with two attached hydrogens (primary N) is 1. The van der Waals surface area contributed by atoms with Crippen LogP contribution < -0.4 is 5.73 Å². The molecular formula is C22H25N5O2. The fourth-order valence-electron chi connectivity index (χ4n) is 3.70. The topological polar surface area (TPSA) is 110 Å². The lowest BCUT2D eigenvalue weighted by atomic mass is 10.0. The van der Waals surface area contributed by atoms with Crippen LogP contribution in [0.1, 0.15) is 32.2 Å². The Bertz CT molecular complexity index is 1210. The second-order valence-corrected chi connectivity index (χ2v) is 7.95. The molecule has 4 N–H and O–H groups in total. The zero-order valence-corrected chi connectivity index (χ0v) is 16.8. The molecule has 0 fully saturated rings. The number of aliphatic hydroxyl groups excluding tert-OH is 1. The Labute approximate surface area is 168 Å². The minimum Gasteiger partial charge on any atom is -0.392 e. The van der Waals surface area contributed by atoms with Crippen LogP contribution in [-0.2, 0) is 19.6 Å². The summed E-state index contributed by atoms with van der Waals surface area (Å²) < 4.78 is 2.04. The van der Waals surface area contributed by atoms with Gasteiger partial charge in [0.1, 0.15) is 11.3 Å². The summed E-state index contributed by atoms with van der Waals surface area (Å²) in [5.41, 5.74) is 10.3. The Balaban J connectivity index is 1.97. The predicted molar refractivity (Wildman–Crippen MR) is 114 cm³/mol. The highest BCUT2D eigenvalue weighted by Gasteiger charge is 2.22. The number of anilines is 1. The summed E-state index contributed by atoms with van der Waals surface area (Å²) in [6.45, 7) is 5.95. The summed E-state index contributed by atoms with van der Waals surface area (Å²) in [7, 11) is 0. The molecule has 0 saturated carbocycles. The van der Waals surface area contributed by atoms with Gasteiger partial charge in [-0.05, 0) is 37.1 Å². The molecule has 0 unspecified atom stereocenters. The maximum atomic E-state index is 10.4. The third-order valence-electron chi connectivity index (χ3n) is 4.96. The molecule has 29 heavy (non-hydrogen) atoms. The van der Waals surface area contributed by atoms with E-state index in [1.54, 1.807) is 26.2 Å². The first-order chi connectivity index (χ1) is 13.8. The average Bonchev–Trinajstić information content (AvgIpc) is 3.05. The van der Waals surface area contributed by atoms with Crippen molar-refractivity contribution in [1.29, 1.82) is 0 Å². The lowest BCUT2D eigenvalue weighted by Crippen LogP contribution is -2.27. The van der Waals surface area contributed by atoms with Crippen LogP contribution >= 0.6 is 0 Å². The summed E-state index contributed by atoms with van der Waals surface area (Å²) in [5, 5.41) is 20.7. The van der Waals surface area contributed by atoms with Gasteiger partial charge in [0, 0.05) is 29.8 Å². The van der Waals surface area contributed by atoms with Crippen LogP contribution in [-0.4, -0.2) is 35.3 Å². The highest BCUT2D eigenvalue weighted by Crippen LogP contribution is 2.32. The number of hydrogen-bond acceptors (Lipinski definition) is 6. The highest BCUT2D eigenvalue weighted by molar-refractivity contribution is 6.07. The van der Waals surface area contributed by atoms with Crippen molar-refractivity contribution in [3.8, 4) is 11.1 Å². The Morgan fingerprint density at radius 3 is 2.59 bits per heavy atom. The Hall–Kier alpha value is -3.03. The SMILES string of the molecule is CCc1nc2c(N)nc3cc(-c4cncc(CO)c4)ccc3c2n1CC(C)(C)O. The molecule has 0 aliphatic carbocycles. The van der Waals surface area contributed by atoms with E-state index in [4.69, 9.17) is 10.7 Å². The van der Waals surface area contributed by atoms with Crippen LogP contribution in [0.25, 0.3) is 33.1 Å². The number of fused-ring (bicyclic) bond motifs is 3. The van der Waals surface area contributed by atoms with Gasteiger partial charge in [-0.25, -0.2) is 9.97 Å². The van der Waals surface area contributed by atoms with E-state index in [9.17, 15) is 10.2 Å². The minimum atomic E-state index is -0.891. The van der Waals surface area contributed by atoms with E-state index in [1.807, 2.05) is 35.8 Å². The molecule has 4 rings (SSSR count). The fourth-order valence-corrected chi connectivity index (χ4v) is 3.70. The van der Waals surface area contributed by atoms with Crippen molar-refractivity contribution in [3.63, 3.8) is 0 Å². The largest absolute Gasteiger partial charge is 0.392 e. The Morgan fingerprint density at radius 1 is 1.10 bits per heavy atom. The first-order valence-electron chi connectivity index (χ1n) is 9.66. The Morgan fingerprint density at radius 2 is 1.90 bits per heavy atom. The fraction of sp³-hybridized carbons (Fsp3) is 0.318. The number of imidazole rings is 1. The third kappa shape index (κ3) is 3.54. The number of aliphatic hydroxyl groups is 2. The van der Waals surface area contributed by atoms with Crippen molar-refractivity contribution >= 4 is 27.8 Å². The van der Waals surface area contributed by atoms with Gasteiger partial charge in [-0.3, -0.25) is 4.98 Å². The van der Waals surface area contributed by atoms with Crippen LogP contribution in [0.3, 0.4) is 0 Å². The molecule has 0 radical (unpaired) electrons. The van der Waals surface area contributed by atoms with Crippen molar-refractivity contribution in [2.75, 3.05) is 5.73 Å². The van der Waals surface area contributed by atoms with E-state index in [2.05, 4.69) is 9.97 Å². The maximum Gasteiger partial charge on any atom is 0.152 e. The van der Waals surface area contributed by atoms with Gasteiger partial charge in [0.05, 0.1) is 29.8 Å². The van der Waals surface area contributed by atoms with Crippen LogP contribution in [0.4, 0.5) is 5.82 Å². The first kappa shape index (κ1) is 19.3. The summed E-state index contributed by atoms with van der Waals surface area (Å²) >= 11 is 0. The average molecular weight is 391 g/mol. The van der Waals surface area contributed by atoms with Gasteiger partial charge in [-0.1, -0.05) is 19.1 Å². The quantitative estimate of drug-likeness (QED) is 0.482. The molecule has 0 aliphatic rings. The number of nitrogens with zero attached hydrogens (tertiary/aromatic N) is 4. The lowest BCUT2D eigenvalue weighted by Gasteiger charge is -2.20. The molecule has 7 heteroatoms. The van der Waals surface area contributed by atoms with Gasteiger partial charge in [0.2, 0.25) is 0 Å². The second kappa shape index (κ2) is 7.09. The maximum absolute atomic E-state index is 10.4. The van der Waals surface area contributed by atoms with E-state index in [1.165, 1.54) is 0 Å². The number of hydrogen-bond donors (Lipinski definition) is 3. The van der Waals surface area contributed by atoms with Gasteiger partial charge >= 0.3 is 0 Å². The van der Waals surface area contributed by atoms with Crippen molar-refractivity contribution in [2.24, 2.45) is 0 Å². The molecule has 4 aromatic rings. The first-order valence-corrected chi connectivity index (χ1v) is 9.66. The summed E-state index contributed by atoms with van der Waals surface area (Å²) in [4.78, 5) is 13.5. The molecule has 0 amide bonds. The number of aromatic nitrogens is 4. The molecule has 7 nitrogen and oxygen atoms in total.